The van der Waals surface area contributed by atoms with Crippen molar-refractivity contribution in [2.75, 3.05) is 5.32 Å². The standard InChI is InChI=1S/C16H11Cl2NO3/c1-16(10-6-8(14(20)21)2-4-12(10)18)11-7-9(17)3-5-13(11)19-15(16)22/h2-7H,1H3,(H,19,22)(H,20,21)/t16-/m0/s1. The molecule has 2 aromatic carbocycles. The molecule has 1 aliphatic heterocycles. The van der Waals surface area contributed by atoms with Crippen LogP contribution in [0, 0.1) is 0 Å². The summed E-state index contributed by atoms with van der Waals surface area (Å²) >= 11 is 12.3. The van der Waals surface area contributed by atoms with Gasteiger partial charge in [0.2, 0.25) is 5.91 Å². The van der Waals surface area contributed by atoms with Gasteiger partial charge in [-0.15, -0.1) is 0 Å². The van der Waals surface area contributed by atoms with Crippen molar-refractivity contribution in [3.05, 3.63) is 63.1 Å². The number of carbonyl (C=O) groups is 2. The maximum absolute atomic E-state index is 12.5. The minimum atomic E-state index is -1.09. The van der Waals surface area contributed by atoms with E-state index in [9.17, 15) is 9.59 Å². The molecule has 1 aliphatic rings. The van der Waals surface area contributed by atoms with Crippen LogP contribution in [0.15, 0.2) is 36.4 Å². The van der Waals surface area contributed by atoms with Crippen LogP contribution in [0.4, 0.5) is 5.69 Å². The zero-order valence-electron chi connectivity index (χ0n) is 11.5. The third-order valence-electron chi connectivity index (χ3n) is 3.97. The van der Waals surface area contributed by atoms with Crippen LogP contribution in [0.2, 0.25) is 10.0 Å². The van der Waals surface area contributed by atoms with Crippen LogP contribution >= 0.6 is 23.2 Å². The molecule has 4 nitrogen and oxygen atoms in total. The molecule has 2 aromatic rings. The summed E-state index contributed by atoms with van der Waals surface area (Å²) in [7, 11) is 0. The Bertz CT molecular complexity index is 819. The smallest absolute Gasteiger partial charge is 0.335 e. The van der Waals surface area contributed by atoms with E-state index < -0.39 is 11.4 Å². The maximum atomic E-state index is 12.5. The van der Waals surface area contributed by atoms with Gasteiger partial charge in [-0.3, -0.25) is 4.79 Å². The molecule has 1 atom stereocenters. The first-order valence-electron chi connectivity index (χ1n) is 6.49. The lowest BCUT2D eigenvalue weighted by molar-refractivity contribution is -0.119. The lowest BCUT2D eigenvalue weighted by atomic mass is 9.77. The second kappa shape index (κ2) is 5.00. The molecular weight excluding hydrogens is 325 g/mol. The van der Waals surface area contributed by atoms with Crippen LogP contribution in [0.5, 0.6) is 0 Å². The van der Waals surface area contributed by atoms with Gasteiger partial charge in [-0.1, -0.05) is 23.2 Å². The van der Waals surface area contributed by atoms with Crippen molar-refractivity contribution in [2.45, 2.75) is 12.3 Å². The van der Waals surface area contributed by atoms with Crippen molar-refractivity contribution in [2.24, 2.45) is 0 Å². The summed E-state index contributed by atoms with van der Waals surface area (Å²) in [5, 5.41) is 12.8. The normalized spacial score (nSPS) is 19.7. The molecule has 112 valence electrons. The molecule has 6 heteroatoms. The van der Waals surface area contributed by atoms with E-state index in [2.05, 4.69) is 5.32 Å². The fraction of sp³-hybridized carbons (Fsp3) is 0.125. The molecule has 0 bridgehead atoms. The number of anilines is 1. The Morgan fingerprint density at radius 1 is 1.14 bits per heavy atom. The first kappa shape index (κ1) is 14.9. The predicted molar refractivity (Wildman–Crippen MR) is 84.9 cm³/mol. The summed E-state index contributed by atoms with van der Waals surface area (Å²) in [5.74, 6) is -1.35. The fourth-order valence-electron chi connectivity index (χ4n) is 2.72. The minimum absolute atomic E-state index is 0.0731. The summed E-state index contributed by atoms with van der Waals surface area (Å²) in [6.07, 6.45) is 0. The van der Waals surface area contributed by atoms with Crippen LogP contribution in [0.1, 0.15) is 28.4 Å². The highest BCUT2D eigenvalue weighted by Gasteiger charge is 2.45. The van der Waals surface area contributed by atoms with Crippen LogP contribution in [0.3, 0.4) is 0 Å². The van der Waals surface area contributed by atoms with E-state index in [4.69, 9.17) is 28.3 Å². The molecule has 0 spiro atoms. The number of carbonyl (C=O) groups excluding carboxylic acids is 1. The van der Waals surface area contributed by atoms with Gasteiger partial charge < -0.3 is 10.4 Å². The third kappa shape index (κ3) is 2.07. The Morgan fingerprint density at radius 2 is 1.86 bits per heavy atom. The van der Waals surface area contributed by atoms with Gasteiger partial charge in [-0.2, -0.15) is 0 Å². The average molecular weight is 336 g/mol. The second-order valence-corrected chi connectivity index (χ2v) is 6.11. The lowest BCUT2D eigenvalue weighted by Crippen LogP contribution is -2.32. The second-order valence-electron chi connectivity index (χ2n) is 5.27. The maximum Gasteiger partial charge on any atom is 0.335 e. The van der Waals surface area contributed by atoms with Gasteiger partial charge in [0.1, 0.15) is 0 Å². The Balaban J connectivity index is 2.28. The van der Waals surface area contributed by atoms with E-state index >= 15 is 0 Å². The van der Waals surface area contributed by atoms with E-state index in [-0.39, 0.29) is 11.5 Å². The molecule has 0 aliphatic carbocycles. The molecule has 0 aromatic heterocycles. The van der Waals surface area contributed by atoms with Gasteiger partial charge in [0, 0.05) is 15.7 Å². The van der Waals surface area contributed by atoms with Gasteiger partial charge in [0.05, 0.1) is 11.0 Å². The summed E-state index contributed by atoms with van der Waals surface area (Å²) in [6.45, 7) is 1.71. The molecule has 0 saturated carbocycles. The van der Waals surface area contributed by atoms with Crippen LogP contribution < -0.4 is 5.32 Å². The summed E-state index contributed by atoms with van der Waals surface area (Å²) in [6, 6.07) is 9.42. The average Bonchev–Trinajstić information content (AvgIpc) is 2.72. The number of carboxylic acid groups (broad SMARTS) is 1. The van der Waals surface area contributed by atoms with E-state index in [0.29, 0.717) is 26.9 Å². The van der Waals surface area contributed by atoms with Crippen LogP contribution in [0.25, 0.3) is 0 Å². The number of amides is 1. The number of hydrogen-bond acceptors (Lipinski definition) is 2. The van der Waals surface area contributed by atoms with Crippen molar-refractivity contribution in [1.82, 2.24) is 0 Å². The molecule has 0 fully saturated rings. The van der Waals surface area contributed by atoms with Gasteiger partial charge in [0.15, 0.2) is 0 Å². The number of rotatable bonds is 2. The number of fused-ring (bicyclic) bond motifs is 1. The first-order valence-corrected chi connectivity index (χ1v) is 7.24. The Hall–Kier alpha value is -2.04. The highest BCUT2D eigenvalue weighted by molar-refractivity contribution is 6.32. The molecule has 3 rings (SSSR count). The van der Waals surface area contributed by atoms with Crippen LogP contribution in [-0.4, -0.2) is 17.0 Å². The topological polar surface area (TPSA) is 66.4 Å². The lowest BCUT2D eigenvalue weighted by Gasteiger charge is -2.24. The van der Waals surface area contributed by atoms with Crippen molar-refractivity contribution in [3.8, 4) is 0 Å². The number of aromatic carboxylic acids is 1. The molecule has 1 heterocycles. The number of nitrogens with one attached hydrogen (secondary N) is 1. The molecule has 22 heavy (non-hydrogen) atoms. The Labute approximate surface area is 136 Å². The first-order chi connectivity index (χ1) is 10.3. The SMILES string of the molecule is C[C@@]1(c2cc(C(=O)O)ccc2Cl)C(=O)Nc2ccc(Cl)cc21. The van der Waals surface area contributed by atoms with Gasteiger partial charge in [-0.25, -0.2) is 4.79 Å². The molecular formula is C16H11Cl2NO3. The summed E-state index contributed by atoms with van der Waals surface area (Å²) < 4.78 is 0. The van der Waals surface area contributed by atoms with Crippen molar-refractivity contribution < 1.29 is 14.7 Å². The van der Waals surface area contributed by atoms with Crippen molar-refractivity contribution in [3.63, 3.8) is 0 Å². The molecule has 2 N–H and O–H groups in total. The third-order valence-corrected chi connectivity index (χ3v) is 4.54. The zero-order chi connectivity index (χ0) is 16.1. The Kier molecular flexibility index (Phi) is 3.38. The largest absolute Gasteiger partial charge is 0.478 e. The number of hydrogen-bond donors (Lipinski definition) is 2. The predicted octanol–water partition coefficient (Wildman–Crippen LogP) is 3.95. The fourth-order valence-corrected chi connectivity index (χ4v) is 3.20. The number of carboxylic acids is 1. The highest BCUT2D eigenvalue weighted by Crippen LogP contribution is 2.45. The van der Waals surface area contributed by atoms with E-state index in [1.165, 1.54) is 18.2 Å². The number of benzene rings is 2. The summed E-state index contributed by atoms with van der Waals surface area (Å²) in [5.41, 5.74) is 0.739. The summed E-state index contributed by atoms with van der Waals surface area (Å²) in [4.78, 5) is 23.7. The van der Waals surface area contributed by atoms with Gasteiger partial charge in [0.25, 0.3) is 0 Å². The van der Waals surface area contributed by atoms with E-state index in [0.717, 1.165) is 0 Å². The van der Waals surface area contributed by atoms with Crippen molar-refractivity contribution >= 4 is 40.8 Å². The number of halogens is 2. The molecule has 1 amide bonds. The van der Waals surface area contributed by atoms with E-state index in [1.54, 1.807) is 25.1 Å². The van der Waals surface area contributed by atoms with E-state index in [1.807, 2.05) is 0 Å². The molecule has 0 unspecified atom stereocenters. The van der Waals surface area contributed by atoms with Crippen LogP contribution in [-0.2, 0) is 10.2 Å². The zero-order valence-corrected chi connectivity index (χ0v) is 13.0. The molecule has 0 radical (unpaired) electrons. The highest BCUT2D eigenvalue weighted by atomic mass is 35.5. The molecule has 0 saturated heterocycles. The quantitative estimate of drug-likeness (QED) is 0.873. The minimum Gasteiger partial charge on any atom is -0.478 e. The van der Waals surface area contributed by atoms with Crippen molar-refractivity contribution in [1.29, 1.82) is 0 Å². The Morgan fingerprint density at radius 3 is 2.55 bits per heavy atom. The van der Waals surface area contributed by atoms with Gasteiger partial charge >= 0.3 is 5.97 Å². The monoisotopic (exact) mass is 335 g/mol. The van der Waals surface area contributed by atoms with Gasteiger partial charge in [-0.05, 0) is 54.4 Å².